The van der Waals surface area contributed by atoms with Gasteiger partial charge in [-0.05, 0) is 25.3 Å². The van der Waals surface area contributed by atoms with Gasteiger partial charge in [0.25, 0.3) is 0 Å². The summed E-state index contributed by atoms with van der Waals surface area (Å²) in [5.41, 5.74) is 0. The van der Waals surface area contributed by atoms with Gasteiger partial charge in [0.15, 0.2) is 5.82 Å². The molecule has 1 heterocycles. The third-order valence-electron chi connectivity index (χ3n) is 3.79. The summed E-state index contributed by atoms with van der Waals surface area (Å²) in [7, 11) is 2.00. The molecule has 102 valence electrons. The standard InChI is InChI=1S/C14H25N3O/c1-10(2)7-12(15-3)9-14-16-13(17-18-14)8-11-5-4-6-11/h10-12,15H,4-9H2,1-3H3. The lowest BCUT2D eigenvalue weighted by molar-refractivity contribution is 0.300. The molecular formula is C14H25N3O. The molecule has 1 aliphatic rings. The zero-order chi connectivity index (χ0) is 13.0. The van der Waals surface area contributed by atoms with Crippen LogP contribution in [0.25, 0.3) is 0 Å². The summed E-state index contributed by atoms with van der Waals surface area (Å²) < 4.78 is 5.35. The Bertz CT molecular complexity index is 358. The summed E-state index contributed by atoms with van der Waals surface area (Å²) in [6.45, 7) is 4.47. The minimum absolute atomic E-state index is 0.432. The molecule has 0 bridgehead atoms. The van der Waals surface area contributed by atoms with E-state index in [4.69, 9.17) is 4.52 Å². The van der Waals surface area contributed by atoms with Crippen LogP contribution in [-0.2, 0) is 12.8 Å². The van der Waals surface area contributed by atoms with Gasteiger partial charge in [0.2, 0.25) is 5.89 Å². The average molecular weight is 251 g/mol. The van der Waals surface area contributed by atoms with E-state index in [0.29, 0.717) is 12.0 Å². The summed E-state index contributed by atoms with van der Waals surface area (Å²) in [4.78, 5) is 4.51. The monoisotopic (exact) mass is 251 g/mol. The molecule has 4 nitrogen and oxygen atoms in total. The van der Waals surface area contributed by atoms with Crippen LogP contribution in [0.15, 0.2) is 4.52 Å². The number of nitrogens with zero attached hydrogens (tertiary/aromatic N) is 2. The van der Waals surface area contributed by atoms with Gasteiger partial charge in [-0.25, -0.2) is 0 Å². The molecule has 0 spiro atoms. The molecule has 1 unspecified atom stereocenters. The molecule has 1 atom stereocenters. The highest BCUT2D eigenvalue weighted by Crippen LogP contribution is 2.28. The number of hydrogen-bond acceptors (Lipinski definition) is 4. The van der Waals surface area contributed by atoms with E-state index >= 15 is 0 Å². The lowest BCUT2D eigenvalue weighted by Crippen LogP contribution is -2.29. The largest absolute Gasteiger partial charge is 0.339 e. The Morgan fingerprint density at radius 3 is 2.72 bits per heavy atom. The smallest absolute Gasteiger partial charge is 0.228 e. The first-order valence-electron chi connectivity index (χ1n) is 7.16. The topological polar surface area (TPSA) is 51.0 Å². The molecule has 0 saturated heterocycles. The normalized spacial score (nSPS) is 18.0. The van der Waals surface area contributed by atoms with Gasteiger partial charge in [0, 0.05) is 18.9 Å². The van der Waals surface area contributed by atoms with E-state index in [-0.39, 0.29) is 0 Å². The minimum Gasteiger partial charge on any atom is -0.339 e. The first kappa shape index (κ1) is 13.5. The number of aromatic nitrogens is 2. The molecule has 2 rings (SSSR count). The van der Waals surface area contributed by atoms with Crippen molar-refractivity contribution in [2.75, 3.05) is 7.05 Å². The third-order valence-corrected chi connectivity index (χ3v) is 3.79. The molecule has 1 saturated carbocycles. The zero-order valence-corrected chi connectivity index (χ0v) is 11.8. The molecule has 1 aromatic heterocycles. The van der Waals surface area contributed by atoms with E-state index < -0.39 is 0 Å². The van der Waals surface area contributed by atoms with E-state index in [0.717, 1.165) is 36.9 Å². The second kappa shape index (κ2) is 6.32. The summed E-state index contributed by atoms with van der Waals surface area (Å²) in [5, 5.41) is 7.42. The van der Waals surface area contributed by atoms with Gasteiger partial charge in [-0.2, -0.15) is 4.98 Å². The molecule has 1 aliphatic carbocycles. The third kappa shape index (κ3) is 3.80. The first-order chi connectivity index (χ1) is 8.67. The van der Waals surface area contributed by atoms with Gasteiger partial charge in [0.1, 0.15) is 0 Å². The Kier molecular flexibility index (Phi) is 4.75. The van der Waals surface area contributed by atoms with Crippen LogP contribution in [0.1, 0.15) is 51.2 Å². The molecule has 4 heteroatoms. The quantitative estimate of drug-likeness (QED) is 0.809. The zero-order valence-electron chi connectivity index (χ0n) is 11.8. The number of nitrogens with one attached hydrogen (secondary N) is 1. The summed E-state index contributed by atoms with van der Waals surface area (Å²) in [6.07, 6.45) is 7.00. The highest BCUT2D eigenvalue weighted by atomic mass is 16.5. The van der Waals surface area contributed by atoms with Crippen molar-refractivity contribution in [2.24, 2.45) is 11.8 Å². The lowest BCUT2D eigenvalue weighted by atomic mass is 9.83. The molecule has 0 radical (unpaired) electrons. The van der Waals surface area contributed by atoms with Crippen molar-refractivity contribution in [2.45, 2.75) is 58.4 Å². The van der Waals surface area contributed by atoms with Gasteiger partial charge in [-0.15, -0.1) is 0 Å². The second-order valence-corrected chi connectivity index (χ2v) is 5.92. The Morgan fingerprint density at radius 1 is 1.39 bits per heavy atom. The lowest BCUT2D eigenvalue weighted by Gasteiger charge is -2.23. The van der Waals surface area contributed by atoms with Crippen molar-refractivity contribution < 1.29 is 4.52 Å². The van der Waals surface area contributed by atoms with Crippen LogP contribution in [0, 0.1) is 11.8 Å². The highest BCUT2D eigenvalue weighted by Gasteiger charge is 2.21. The van der Waals surface area contributed by atoms with Gasteiger partial charge in [-0.1, -0.05) is 38.3 Å². The predicted molar refractivity (Wildman–Crippen MR) is 71.3 cm³/mol. The fraction of sp³-hybridized carbons (Fsp3) is 0.857. The maximum Gasteiger partial charge on any atom is 0.228 e. The Hall–Kier alpha value is -0.900. The van der Waals surface area contributed by atoms with Crippen molar-refractivity contribution >= 4 is 0 Å². The Labute approximate surface area is 110 Å². The van der Waals surface area contributed by atoms with Crippen molar-refractivity contribution in [1.29, 1.82) is 0 Å². The van der Waals surface area contributed by atoms with Crippen LogP contribution >= 0.6 is 0 Å². The van der Waals surface area contributed by atoms with Crippen LogP contribution in [-0.4, -0.2) is 23.2 Å². The molecule has 18 heavy (non-hydrogen) atoms. The fourth-order valence-electron chi connectivity index (χ4n) is 2.49. The highest BCUT2D eigenvalue weighted by molar-refractivity contribution is 4.92. The number of rotatable bonds is 7. The minimum atomic E-state index is 0.432. The van der Waals surface area contributed by atoms with Crippen LogP contribution in [0.4, 0.5) is 0 Å². The molecule has 0 amide bonds. The van der Waals surface area contributed by atoms with Gasteiger partial charge in [0.05, 0.1) is 0 Å². The van der Waals surface area contributed by atoms with E-state index in [1.54, 1.807) is 0 Å². The van der Waals surface area contributed by atoms with Crippen molar-refractivity contribution in [3.8, 4) is 0 Å². The fourth-order valence-corrected chi connectivity index (χ4v) is 2.49. The van der Waals surface area contributed by atoms with Gasteiger partial charge in [-0.3, -0.25) is 0 Å². The molecular weight excluding hydrogens is 226 g/mol. The van der Waals surface area contributed by atoms with Crippen molar-refractivity contribution in [1.82, 2.24) is 15.5 Å². The maximum absolute atomic E-state index is 5.35. The van der Waals surface area contributed by atoms with Crippen LogP contribution < -0.4 is 5.32 Å². The second-order valence-electron chi connectivity index (χ2n) is 5.92. The first-order valence-corrected chi connectivity index (χ1v) is 7.16. The van der Waals surface area contributed by atoms with Gasteiger partial charge >= 0.3 is 0 Å². The number of hydrogen-bond donors (Lipinski definition) is 1. The Morgan fingerprint density at radius 2 is 2.17 bits per heavy atom. The molecule has 1 N–H and O–H groups in total. The maximum atomic E-state index is 5.35. The summed E-state index contributed by atoms with van der Waals surface area (Å²) >= 11 is 0. The van der Waals surface area contributed by atoms with Crippen molar-refractivity contribution in [3.05, 3.63) is 11.7 Å². The van der Waals surface area contributed by atoms with Crippen molar-refractivity contribution in [3.63, 3.8) is 0 Å². The molecule has 1 aromatic rings. The van der Waals surface area contributed by atoms with Crippen LogP contribution in [0.3, 0.4) is 0 Å². The van der Waals surface area contributed by atoms with E-state index in [2.05, 4.69) is 29.3 Å². The Balaban J connectivity index is 1.84. The SMILES string of the molecule is CNC(Cc1nc(CC2CCC2)no1)CC(C)C. The molecule has 0 aliphatic heterocycles. The average Bonchev–Trinajstić information content (AvgIpc) is 2.69. The van der Waals surface area contributed by atoms with E-state index in [1.165, 1.54) is 19.3 Å². The van der Waals surface area contributed by atoms with E-state index in [1.807, 2.05) is 7.05 Å². The molecule has 1 fully saturated rings. The predicted octanol–water partition coefficient (Wildman–Crippen LogP) is 2.59. The van der Waals surface area contributed by atoms with Crippen LogP contribution in [0.2, 0.25) is 0 Å². The van der Waals surface area contributed by atoms with Gasteiger partial charge < -0.3 is 9.84 Å². The molecule has 0 aromatic carbocycles. The summed E-state index contributed by atoms with van der Waals surface area (Å²) in [6, 6.07) is 0.432. The summed E-state index contributed by atoms with van der Waals surface area (Å²) in [5.74, 6) is 3.16. The van der Waals surface area contributed by atoms with Crippen LogP contribution in [0.5, 0.6) is 0 Å². The van der Waals surface area contributed by atoms with E-state index in [9.17, 15) is 0 Å². The number of likely N-dealkylation sites (N-methyl/N-ethyl adjacent to an activating group) is 1.